The number of nitrogens with zero attached hydrogens (tertiary/aromatic N) is 4. The van der Waals surface area contributed by atoms with Crippen LogP contribution in [0.1, 0.15) is 41.0 Å². The summed E-state index contributed by atoms with van der Waals surface area (Å²) in [5.74, 6) is 2.03. The molecule has 0 aliphatic carbocycles. The average molecular weight is 483 g/mol. The van der Waals surface area contributed by atoms with E-state index in [0.717, 1.165) is 16.9 Å². The number of hydrogen-bond donors (Lipinski definition) is 0. The molecule has 4 aromatic rings. The fourth-order valence-electron chi connectivity index (χ4n) is 4.25. The molecule has 5 rings (SSSR count). The van der Waals surface area contributed by atoms with Crippen molar-refractivity contribution in [3.8, 4) is 16.9 Å². The van der Waals surface area contributed by atoms with Crippen molar-refractivity contribution in [3.05, 3.63) is 102 Å². The predicted molar refractivity (Wildman–Crippen MR) is 134 cm³/mol. The van der Waals surface area contributed by atoms with E-state index in [1.165, 1.54) is 7.11 Å². The maximum atomic E-state index is 13.6. The van der Waals surface area contributed by atoms with Crippen molar-refractivity contribution in [2.45, 2.75) is 25.3 Å². The van der Waals surface area contributed by atoms with E-state index in [-0.39, 0.29) is 5.91 Å². The number of para-hydroxylation sites is 1. The molecule has 1 aromatic heterocycles. The largest absolute Gasteiger partial charge is 0.493 e. The zero-order valence-corrected chi connectivity index (χ0v) is 19.9. The quantitative estimate of drug-likeness (QED) is 0.317. The molecule has 36 heavy (non-hydrogen) atoms. The Kier molecular flexibility index (Phi) is 7.02. The van der Waals surface area contributed by atoms with Crippen molar-refractivity contribution in [1.29, 1.82) is 0 Å². The Hall–Kier alpha value is -4.46. The molecule has 0 unspecified atom stereocenters. The summed E-state index contributed by atoms with van der Waals surface area (Å²) in [5, 5.41) is 8.27. The summed E-state index contributed by atoms with van der Waals surface area (Å²) in [6, 6.07) is 26.7. The van der Waals surface area contributed by atoms with Crippen molar-refractivity contribution in [2.75, 3.05) is 13.7 Å². The third-order valence-electron chi connectivity index (χ3n) is 6.00. The number of carbonyl (C=O) groups excluding carboxylic acids is 1. The number of ether oxygens (including phenoxy) is 1. The van der Waals surface area contributed by atoms with Crippen molar-refractivity contribution in [1.82, 2.24) is 15.0 Å². The smallest absolute Gasteiger partial charge is 0.259 e. The third-order valence-corrected chi connectivity index (χ3v) is 6.00. The van der Waals surface area contributed by atoms with Crippen LogP contribution in [0.4, 0.5) is 0 Å². The fourth-order valence-corrected chi connectivity index (χ4v) is 4.25. The van der Waals surface area contributed by atoms with Gasteiger partial charge in [-0.1, -0.05) is 71.0 Å². The second-order valence-electron chi connectivity index (χ2n) is 8.32. The highest BCUT2D eigenvalue weighted by Crippen LogP contribution is 2.34. The molecule has 1 atom stereocenters. The van der Waals surface area contributed by atoms with Crippen LogP contribution in [0.2, 0.25) is 0 Å². The second-order valence-corrected chi connectivity index (χ2v) is 8.32. The molecule has 0 saturated carbocycles. The number of aromatic nitrogens is 2. The molecule has 1 aliphatic heterocycles. The van der Waals surface area contributed by atoms with E-state index in [2.05, 4.69) is 15.3 Å². The normalized spacial score (nSPS) is 16.3. The molecule has 8 heteroatoms. The molecule has 182 valence electrons. The van der Waals surface area contributed by atoms with Gasteiger partial charge in [-0.15, -0.1) is 0 Å². The Bertz CT molecular complexity index is 1320. The van der Waals surface area contributed by atoms with Gasteiger partial charge in [-0.25, -0.2) is 0 Å². The van der Waals surface area contributed by atoms with Crippen molar-refractivity contribution in [3.63, 3.8) is 0 Å². The summed E-state index contributed by atoms with van der Waals surface area (Å²) in [6.07, 6.45) is 1.64. The molecule has 1 fully saturated rings. The molecule has 2 heterocycles. The minimum Gasteiger partial charge on any atom is -0.493 e. The molecular weight excluding hydrogens is 456 g/mol. The lowest BCUT2D eigenvalue weighted by Gasteiger charge is -2.22. The molecule has 1 aliphatic rings. The number of hydrogen-bond acceptors (Lipinski definition) is 7. The minimum absolute atomic E-state index is 0.188. The predicted octanol–water partition coefficient (Wildman–Crippen LogP) is 5.30. The fraction of sp³-hybridized carbons (Fsp3) is 0.214. The van der Waals surface area contributed by atoms with E-state index in [1.54, 1.807) is 4.90 Å². The van der Waals surface area contributed by atoms with Crippen LogP contribution in [0.15, 0.2) is 94.6 Å². The molecule has 0 spiro atoms. The standard InChI is InChI=1S/C28H26N4O4/c1-34-30-25-17-16-24(27-29-26(36-31-27)18-19-35-23-10-6-3-7-11-23)32(25)28(33)22-14-12-21(13-15-22)20-8-4-2-5-9-20/h2-15,24H,16-19H2,1H3/t24-/m0/s1. The summed E-state index contributed by atoms with van der Waals surface area (Å²) < 4.78 is 11.2. The lowest BCUT2D eigenvalue weighted by molar-refractivity contribution is 0.0802. The van der Waals surface area contributed by atoms with Gasteiger partial charge in [0, 0.05) is 12.0 Å². The highest BCUT2D eigenvalue weighted by molar-refractivity contribution is 6.07. The molecule has 0 radical (unpaired) electrons. The Labute approximate surface area is 209 Å². The molecule has 0 bridgehead atoms. The van der Waals surface area contributed by atoms with Gasteiger partial charge in [-0.05, 0) is 41.8 Å². The van der Waals surface area contributed by atoms with Gasteiger partial charge in [0.1, 0.15) is 18.9 Å². The monoisotopic (exact) mass is 482 g/mol. The number of benzene rings is 3. The molecular formula is C28H26N4O4. The summed E-state index contributed by atoms with van der Waals surface area (Å²) in [7, 11) is 1.47. The first kappa shape index (κ1) is 23.3. The first-order chi connectivity index (χ1) is 17.7. The molecule has 0 N–H and O–H groups in total. The highest BCUT2D eigenvalue weighted by atomic mass is 16.6. The van der Waals surface area contributed by atoms with Crippen molar-refractivity contribution >= 4 is 11.7 Å². The van der Waals surface area contributed by atoms with E-state index in [9.17, 15) is 4.79 Å². The zero-order chi connectivity index (χ0) is 24.7. The minimum atomic E-state index is -0.396. The number of rotatable bonds is 8. The van der Waals surface area contributed by atoms with Crippen LogP contribution in [0.25, 0.3) is 11.1 Å². The van der Waals surface area contributed by atoms with E-state index < -0.39 is 6.04 Å². The Morgan fingerprint density at radius 2 is 1.69 bits per heavy atom. The molecule has 1 saturated heterocycles. The second kappa shape index (κ2) is 10.9. The van der Waals surface area contributed by atoms with Gasteiger partial charge in [0.2, 0.25) is 5.89 Å². The van der Waals surface area contributed by atoms with Gasteiger partial charge < -0.3 is 14.1 Å². The Morgan fingerprint density at radius 3 is 2.42 bits per heavy atom. The van der Waals surface area contributed by atoms with Crippen LogP contribution in [0.5, 0.6) is 5.75 Å². The molecule has 3 aromatic carbocycles. The van der Waals surface area contributed by atoms with Crippen LogP contribution in [-0.4, -0.2) is 40.5 Å². The molecule has 1 amide bonds. The van der Waals surface area contributed by atoms with Gasteiger partial charge in [0.15, 0.2) is 11.7 Å². The lowest BCUT2D eigenvalue weighted by Crippen LogP contribution is -2.35. The average Bonchev–Trinajstić information content (AvgIpc) is 3.57. The number of carbonyl (C=O) groups is 1. The topological polar surface area (TPSA) is 90.1 Å². The summed E-state index contributed by atoms with van der Waals surface area (Å²) >= 11 is 0. The van der Waals surface area contributed by atoms with E-state index in [1.807, 2.05) is 84.9 Å². The van der Waals surface area contributed by atoms with Crippen LogP contribution in [0, 0.1) is 0 Å². The summed E-state index contributed by atoms with van der Waals surface area (Å²) in [5.41, 5.74) is 2.68. The van der Waals surface area contributed by atoms with Crippen LogP contribution < -0.4 is 4.74 Å². The van der Waals surface area contributed by atoms with Crippen molar-refractivity contribution in [2.24, 2.45) is 5.16 Å². The van der Waals surface area contributed by atoms with Gasteiger partial charge in [0.25, 0.3) is 5.91 Å². The maximum Gasteiger partial charge on any atom is 0.259 e. The summed E-state index contributed by atoms with van der Waals surface area (Å²) in [4.78, 5) is 24.8. The number of oxime groups is 1. The van der Waals surface area contributed by atoms with E-state index in [0.29, 0.717) is 49.0 Å². The van der Waals surface area contributed by atoms with Gasteiger partial charge >= 0.3 is 0 Å². The third kappa shape index (κ3) is 5.12. The Balaban J connectivity index is 1.31. The summed E-state index contributed by atoms with van der Waals surface area (Å²) in [6.45, 7) is 0.406. The van der Waals surface area contributed by atoms with E-state index in [4.69, 9.17) is 14.1 Å². The number of amides is 1. The molecule has 8 nitrogen and oxygen atoms in total. The lowest BCUT2D eigenvalue weighted by atomic mass is 10.0. The number of amidine groups is 1. The zero-order valence-electron chi connectivity index (χ0n) is 19.9. The Morgan fingerprint density at radius 1 is 1.00 bits per heavy atom. The van der Waals surface area contributed by atoms with E-state index >= 15 is 0 Å². The van der Waals surface area contributed by atoms with Crippen LogP contribution in [-0.2, 0) is 11.3 Å². The highest BCUT2D eigenvalue weighted by Gasteiger charge is 2.39. The van der Waals surface area contributed by atoms with Gasteiger partial charge in [-0.2, -0.15) is 4.98 Å². The van der Waals surface area contributed by atoms with Crippen LogP contribution in [0.3, 0.4) is 0 Å². The van der Waals surface area contributed by atoms with Crippen LogP contribution >= 0.6 is 0 Å². The van der Waals surface area contributed by atoms with Crippen molar-refractivity contribution < 1.29 is 18.9 Å². The SMILES string of the molecule is CON=C1CC[C@@H](c2noc(CCOc3ccccc3)n2)N1C(=O)c1ccc(-c2ccccc2)cc1. The first-order valence-electron chi connectivity index (χ1n) is 11.8. The van der Waals surface area contributed by atoms with Gasteiger partial charge in [0.05, 0.1) is 13.0 Å². The van der Waals surface area contributed by atoms with Gasteiger partial charge in [-0.3, -0.25) is 9.69 Å². The first-order valence-corrected chi connectivity index (χ1v) is 11.8. The number of likely N-dealkylation sites (tertiary alicyclic amines) is 1. The maximum absolute atomic E-state index is 13.6.